The zero-order valence-corrected chi connectivity index (χ0v) is 16.7. The summed E-state index contributed by atoms with van der Waals surface area (Å²) in [4.78, 5) is 29.7. The first kappa shape index (κ1) is 18.4. The topological polar surface area (TPSA) is 64.0 Å². The summed E-state index contributed by atoms with van der Waals surface area (Å²) in [5.41, 5.74) is 3.03. The van der Waals surface area contributed by atoms with Gasteiger partial charge in [-0.1, -0.05) is 48.9 Å². The highest BCUT2D eigenvalue weighted by Crippen LogP contribution is 2.28. The van der Waals surface area contributed by atoms with Crippen molar-refractivity contribution in [3.8, 4) is 0 Å². The van der Waals surface area contributed by atoms with E-state index in [1.807, 2.05) is 30.3 Å². The molecule has 5 nitrogen and oxygen atoms in total. The minimum atomic E-state index is -0.320. The molecule has 2 aromatic carbocycles. The molecule has 1 amide bonds. The normalized spacial score (nSPS) is 11.2. The second-order valence-electron chi connectivity index (χ2n) is 6.85. The molecule has 0 atom stereocenters. The molecule has 2 aromatic heterocycles. The molecule has 0 aliphatic heterocycles. The average Bonchev–Trinajstić information content (AvgIpc) is 3.10. The summed E-state index contributed by atoms with van der Waals surface area (Å²) in [6.07, 6.45) is 3.36. The lowest BCUT2D eigenvalue weighted by molar-refractivity contribution is 0.102. The Kier molecular flexibility index (Phi) is 4.96. The van der Waals surface area contributed by atoms with Crippen LogP contribution in [0.15, 0.2) is 53.3 Å². The number of hydrogen-bond acceptors (Lipinski definition) is 4. The number of unbranched alkanes of at least 4 members (excludes halogenated alkanes) is 1. The lowest BCUT2D eigenvalue weighted by Gasteiger charge is -2.09. The fraction of sp³-hybridized carbons (Fsp3) is 0.227. The summed E-state index contributed by atoms with van der Waals surface area (Å²) < 4.78 is 2.60. The number of benzene rings is 2. The fourth-order valence-electron chi connectivity index (χ4n) is 3.32. The first-order valence-corrected chi connectivity index (χ1v) is 10.2. The molecular formula is C22H21N3O2S. The van der Waals surface area contributed by atoms with Crippen LogP contribution in [0.1, 0.15) is 35.7 Å². The molecular weight excluding hydrogens is 370 g/mol. The molecule has 4 aromatic rings. The van der Waals surface area contributed by atoms with Crippen molar-refractivity contribution in [2.45, 2.75) is 26.2 Å². The summed E-state index contributed by atoms with van der Waals surface area (Å²) >= 11 is 1.45. The minimum Gasteiger partial charge on any atom is -0.311 e. The number of nitrogens with zero attached hydrogens (tertiary/aromatic N) is 2. The number of carbonyl (C=O) groups excluding carboxylic acids is 1. The number of aryl methyl sites for hydroxylation is 2. The number of aromatic nitrogens is 2. The minimum absolute atomic E-state index is 0.214. The molecule has 0 unspecified atom stereocenters. The molecule has 0 aliphatic carbocycles. The Morgan fingerprint density at radius 1 is 1.18 bits per heavy atom. The third kappa shape index (κ3) is 3.43. The van der Waals surface area contributed by atoms with Crippen LogP contribution in [0.3, 0.4) is 0 Å². The van der Waals surface area contributed by atoms with Gasteiger partial charge in [-0.05, 0) is 36.6 Å². The molecule has 28 heavy (non-hydrogen) atoms. The molecule has 0 saturated carbocycles. The number of pyridine rings is 1. The summed E-state index contributed by atoms with van der Waals surface area (Å²) in [5, 5.41) is 4.15. The van der Waals surface area contributed by atoms with E-state index in [1.54, 1.807) is 11.6 Å². The van der Waals surface area contributed by atoms with Gasteiger partial charge in [0.2, 0.25) is 0 Å². The van der Waals surface area contributed by atoms with Crippen LogP contribution in [0.25, 0.3) is 21.1 Å². The van der Waals surface area contributed by atoms with Crippen molar-refractivity contribution in [3.63, 3.8) is 0 Å². The van der Waals surface area contributed by atoms with Crippen molar-refractivity contribution < 1.29 is 4.79 Å². The van der Waals surface area contributed by atoms with Gasteiger partial charge >= 0.3 is 0 Å². The lowest BCUT2D eigenvalue weighted by atomic mass is 10.1. The van der Waals surface area contributed by atoms with Crippen molar-refractivity contribution >= 4 is 43.5 Å². The van der Waals surface area contributed by atoms with Gasteiger partial charge in [0.1, 0.15) is 0 Å². The van der Waals surface area contributed by atoms with Crippen LogP contribution in [0.2, 0.25) is 0 Å². The average molecular weight is 391 g/mol. The third-order valence-electron chi connectivity index (χ3n) is 4.89. The van der Waals surface area contributed by atoms with E-state index in [0.717, 1.165) is 40.4 Å². The molecule has 0 radical (unpaired) electrons. The van der Waals surface area contributed by atoms with E-state index in [2.05, 4.69) is 29.4 Å². The summed E-state index contributed by atoms with van der Waals surface area (Å²) in [7, 11) is 1.70. The smallest absolute Gasteiger partial charge is 0.258 e. The van der Waals surface area contributed by atoms with Crippen molar-refractivity contribution in [3.05, 3.63) is 70.0 Å². The van der Waals surface area contributed by atoms with Crippen LogP contribution < -0.4 is 10.9 Å². The van der Waals surface area contributed by atoms with Gasteiger partial charge < -0.3 is 4.57 Å². The number of para-hydroxylation sites is 1. The number of rotatable bonds is 5. The maximum Gasteiger partial charge on any atom is 0.258 e. The zero-order valence-electron chi connectivity index (χ0n) is 15.9. The monoisotopic (exact) mass is 391 g/mol. The molecule has 0 fully saturated rings. The molecule has 0 aliphatic rings. The maximum absolute atomic E-state index is 12.9. The number of thiazole rings is 1. The first-order valence-electron chi connectivity index (χ1n) is 9.36. The lowest BCUT2D eigenvalue weighted by Crippen LogP contribution is -2.21. The number of amides is 1. The van der Waals surface area contributed by atoms with Crippen molar-refractivity contribution in [1.29, 1.82) is 0 Å². The predicted octanol–water partition coefficient (Wildman–Crippen LogP) is 4.74. The van der Waals surface area contributed by atoms with Gasteiger partial charge in [0.05, 0.1) is 21.3 Å². The fourth-order valence-corrected chi connectivity index (χ4v) is 4.25. The molecule has 6 heteroatoms. The van der Waals surface area contributed by atoms with E-state index in [-0.39, 0.29) is 11.5 Å². The number of carbonyl (C=O) groups is 1. The van der Waals surface area contributed by atoms with E-state index in [0.29, 0.717) is 10.7 Å². The second-order valence-corrected chi connectivity index (χ2v) is 7.88. The highest BCUT2D eigenvalue weighted by molar-refractivity contribution is 7.22. The number of nitrogens with one attached hydrogen (secondary N) is 1. The van der Waals surface area contributed by atoms with Crippen LogP contribution in [0.5, 0.6) is 0 Å². The molecule has 4 rings (SSSR count). The summed E-state index contributed by atoms with van der Waals surface area (Å²) in [6, 6.07) is 15.0. The van der Waals surface area contributed by atoms with Crippen molar-refractivity contribution in [1.82, 2.24) is 9.55 Å². The molecule has 2 heterocycles. The maximum atomic E-state index is 12.9. The van der Waals surface area contributed by atoms with Crippen LogP contribution in [0, 0.1) is 0 Å². The number of anilines is 1. The highest BCUT2D eigenvalue weighted by Gasteiger charge is 2.15. The summed E-state index contributed by atoms with van der Waals surface area (Å²) in [6.45, 7) is 2.18. The van der Waals surface area contributed by atoms with E-state index >= 15 is 0 Å². The molecule has 142 valence electrons. The number of fused-ring (bicyclic) bond motifs is 2. The Hall–Kier alpha value is -2.99. The SMILES string of the molecule is CCCCc1ccc2nc(NC(=O)c3cc(=O)n(C)c4ccccc34)sc2c1. The van der Waals surface area contributed by atoms with Gasteiger partial charge in [0, 0.05) is 18.5 Å². The van der Waals surface area contributed by atoms with Crippen LogP contribution in [0.4, 0.5) is 5.13 Å². The Morgan fingerprint density at radius 2 is 2.00 bits per heavy atom. The van der Waals surface area contributed by atoms with Gasteiger partial charge in [-0.3, -0.25) is 14.9 Å². The first-order chi connectivity index (χ1) is 13.6. The van der Waals surface area contributed by atoms with E-state index in [1.165, 1.54) is 23.0 Å². The Balaban J connectivity index is 1.66. The molecule has 0 saturated heterocycles. The Morgan fingerprint density at radius 3 is 2.82 bits per heavy atom. The predicted molar refractivity (Wildman–Crippen MR) is 115 cm³/mol. The van der Waals surface area contributed by atoms with Gasteiger partial charge in [-0.2, -0.15) is 0 Å². The van der Waals surface area contributed by atoms with E-state index < -0.39 is 0 Å². The zero-order chi connectivity index (χ0) is 19.7. The van der Waals surface area contributed by atoms with E-state index in [4.69, 9.17) is 0 Å². The van der Waals surface area contributed by atoms with Gasteiger partial charge in [-0.25, -0.2) is 4.98 Å². The summed E-state index contributed by atoms with van der Waals surface area (Å²) in [5.74, 6) is -0.320. The van der Waals surface area contributed by atoms with Gasteiger partial charge in [-0.15, -0.1) is 0 Å². The van der Waals surface area contributed by atoms with Crippen molar-refractivity contribution in [2.75, 3.05) is 5.32 Å². The number of hydrogen-bond donors (Lipinski definition) is 1. The van der Waals surface area contributed by atoms with E-state index in [9.17, 15) is 9.59 Å². The third-order valence-corrected chi connectivity index (χ3v) is 5.82. The van der Waals surface area contributed by atoms with Crippen molar-refractivity contribution in [2.24, 2.45) is 7.05 Å². The van der Waals surface area contributed by atoms with Crippen LogP contribution in [-0.4, -0.2) is 15.5 Å². The quantitative estimate of drug-likeness (QED) is 0.534. The van der Waals surface area contributed by atoms with Crippen LogP contribution >= 0.6 is 11.3 Å². The Labute approximate surface area is 166 Å². The van der Waals surface area contributed by atoms with Gasteiger partial charge in [0.15, 0.2) is 5.13 Å². The molecule has 0 bridgehead atoms. The highest BCUT2D eigenvalue weighted by atomic mass is 32.1. The Bertz CT molecular complexity index is 1240. The van der Waals surface area contributed by atoms with Gasteiger partial charge in [0.25, 0.3) is 11.5 Å². The van der Waals surface area contributed by atoms with Crippen LogP contribution in [-0.2, 0) is 13.5 Å². The second kappa shape index (κ2) is 7.56. The standard InChI is InChI=1S/C22H21N3O2S/c1-3-4-7-14-10-11-17-19(12-14)28-22(23-17)24-21(27)16-13-20(26)25(2)18-9-6-5-8-15(16)18/h5-6,8-13H,3-4,7H2,1-2H3,(H,23,24,27). The molecule has 0 spiro atoms. The molecule has 1 N–H and O–H groups in total. The largest absolute Gasteiger partial charge is 0.311 e.